The summed E-state index contributed by atoms with van der Waals surface area (Å²) >= 11 is 0. The number of hydrogen-bond donors (Lipinski definition) is 0. The topological polar surface area (TPSA) is 6.48 Å². The highest BCUT2D eigenvalue weighted by Gasteiger charge is 2.18. The smallest absolute Gasteiger partial charge is 0.0540 e. The Balaban J connectivity index is 1.23. The minimum atomic E-state index is 0.525. The van der Waals surface area contributed by atoms with Crippen molar-refractivity contribution in [2.45, 2.75) is 26.2 Å². The second-order valence-electron chi connectivity index (χ2n) is 13.0. The van der Waals surface area contributed by atoms with E-state index in [1.165, 1.54) is 38.2 Å². The molecule has 0 aliphatic rings. The van der Waals surface area contributed by atoms with Crippen LogP contribution < -0.4 is 9.80 Å². The van der Waals surface area contributed by atoms with Gasteiger partial charge in [0.25, 0.3) is 0 Å². The molecule has 8 aromatic carbocycles. The van der Waals surface area contributed by atoms with Crippen LogP contribution in [0.25, 0.3) is 32.7 Å². The maximum atomic E-state index is 2.39. The van der Waals surface area contributed by atoms with Gasteiger partial charge in [0.2, 0.25) is 0 Å². The third-order valence-electron chi connectivity index (χ3n) is 9.93. The van der Waals surface area contributed by atoms with Gasteiger partial charge < -0.3 is 9.80 Å². The summed E-state index contributed by atoms with van der Waals surface area (Å²) in [6.07, 6.45) is 1.12. The predicted octanol–water partition coefficient (Wildman–Crippen LogP) is 14.1. The average molecular weight is 645 g/mol. The van der Waals surface area contributed by atoms with E-state index in [2.05, 4.69) is 212 Å². The number of benzene rings is 8. The van der Waals surface area contributed by atoms with E-state index in [0.717, 1.165) is 40.5 Å². The Morgan fingerprint density at radius 3 is 1.58 bits per heavy atom. The summed E-state index contributed by atoms with van der Waals surface area (Å²) in [5.74, 6) is 0.525. The Labute approximate surface area is 295 Å². The molecule has 0 bridgehead atoms. The van der Waals surface area contributed by atoms with Crippen molar-refractivity contribution in [3.05, 3.63) is 194 Å². The molecular formula is C48H40N2. The van der Waals surface area contributed by atoms with E-state index >= 15 is 0 Å². The molecule has 0 aliphatic heterocycles. The van der Waals surface area contributed by atoms with E-state index < -0.39 is 0 Å². The molecule has 2 heteroatoms. The first kappa shape index (κ1) is 31.2. The molecule has 50 heavy (non-hydrogen) atoms. The van der Waals surface area contributed by atoms with E-state index in [4.69, 9.17) is 0 Å². The molecule has 0 spiro atoms. The largest absolute Gasteiger partial charge is 0.310 e. The molecule has 0 N–H and O–H groups in total. The second kappa shape index (κ2) is 13.8. The first-order chi connectivity index (χ1) is 24.7. The number of hydrogen-bond acceptors (Lipinski definition) is 2. The van der Waals surface area contributed by atoms with Crippen LogP contribution in [-0.4, -0.2) is 0 Å². The molecule has 242 valence electrons. The van der Waals surface area contributed by atoms with E-state index in [-0.39, 0.29) is 0 Å². The Bertz CT molecular complexity index is 2350. The van der Waals surface area contributed by atoms with Gasteiger partial charge in [-0.15, -0.1) is 0 Å². The monoisotopic (exact) mass is 644 g/mol. The molecule has 0 saturated heterocycles. The fraction of sp³-hybridized carbons (Fsp3) is 0.0833. The molecular weight excluding hydrogens is 605 g/mol. The molecule has 0 amide bonds. The van der Waals surface area contributed by atoms with Crippen molar-refractivity contribution < 1.29 is 0 Å². The van der Waals surface area contributed by atoms with Gasteiger partial charge in [-0.2, -0.15) is 0 Å². The second-order valence-corrected chi connectivity index (χ2v) is 13.0. The molecule has 0 radical (unpaired) electrons. The lowest BCUT2D eigenvalue weighted by Gasteiger charge is -2.29. The third-order valence-corrected chi connectivity index (χ3v) is 9.93. The lowest BCUT2D eigenvalue weighted by molar-refractivity contribution is 0.733. The van der Waals surface area contributed by atoms with Gasteiger partial charge in [0.1, 0.15) is 0 Å². The van der Waals surface area contributed by atoms with Gasteiger partial charge in [-0.05, 0) is 112 Å². The summed E-state index contributed by atoms with van der Waals surface area (Å²) in [5.41, 5.74) is 10.5. The van der Waals surface area contributed by atoms with E-state index in [1.54, 1.807) is 0 Å². The zero-order chi connectivity index (χ0) is 33.9. The summed E-state index contributed by atoms with van der Waals surface area (Å²) in [6.45, 7) is 4.55. The Morgan fingerprint density at radius 1 is 0.400 bits per heavy atom. The first-order valence-corrected chi connectivity index (χ1v) is 17.6. The summed E-state index contributed by atoms with van der Waals surface area (Å²) < 4.78 is 0. The minimum Gasteiger partial charge on any atom is -0.310 e. The van der Waals surface area contributed by atoms with Crippen LogP contribution in [0.5, 0.6) is 0 Å². The van der Waals surface area contributed by atoms with E-state index in [9.17, 15) is 0 Å². The van der Waals surface area contributed by atoms with Crippen molar-refractivity contribution in [3.8, 4) is 11.1 Å². The molecule has 1 atom stereocenters. The third kappa shape index (κ3) is 6.13. The normalized spacial score (nSPS) is 11.8. The molecule has 2 nitrogen and oxygen atoms in total. The number of nitrogens with zero attached hydrogens (tertiary/aromatic N) is 2. The van der Waals surface area contributed by atoms with Gasteiger partial charge >= 0.3 is 0 Å². The number of rotatable bonds is 9. The van der Waals surface area contributed by atoms with Crippen molar-refractivity contribution >= 4 is 55.7 Å². The van der Waals surface area contributed by atoms with Gasteiger partial charge in [0.05, 0.1) is 5.69 Å². The summed E-state index contributed by atoms with van der Waals surface area (Å²) in [4.78, 5) is 4.75. The molecule has 8 aromatic rings. The fourth-order valence-electron chi connectivity index (χ4n) is 6.97. The predicted molar refractivity (Wildman–Crippen MR) is 215 cm³/mol. The van der Waals surface area contributed by atoms with Crippen LogP contribution >= 0.6 is 0 Å². The van der Waals surface area contributed by atoms with Crippen LogP contribution in [0.1, 0.15) is 31.7 Å². The number of anilines is 6. The quantitative estimate of drug-likeness (QED) is 0.154. The molecule has 0 heterocycles. The summed E-state index contributed by atoms with van der Waals surface area (Å²) in [6, 6.07) is 68.1. The van der Waals surface area contributed by atoms with Crippen molar-refractivity contribution in [2.24, 2.45) is 0 Å². The van der Waals surface area contributed by atoms with Gasteiger partial charge in [0, 0.05) is 33.8 Å². The van der Waals surface area contributed by atoms with Gasteiger partial charge in [-0.1, -0.05) is 135 Å². The SMILES string of the molecule is CCC(C)c1ccc(N(c2ccc(N(c3ccc(-c4ccccc4)cc3)c3ccc4ccccc4c3)cc2)c2cccc3ccccc23)cc1. The number of fused-ring (bicyclic) bond motifs is 2. The minimum absolute atomic E-state index is 0.525. The average Bonchev–Trinajstić information content (AvgIpc) is 3.19. The highest BCUT2D eigenvalue weighted by molar-refractivity contribution is 5.99. The first-order valence-electron chi connectivity index (χ1n) is 17.6. The van der Waals surface area contributed by atoms with Crippen molar-refractivity contribution in [1.29, 1.82) is 0 Å². The molecule has 0 aliphatic carbocycles. The van der Waals surface area contributed by atoms with E-state index in [1.807, 2.05) is 0 Å². The van der Waals surface area contributed by atoms with E-state index in [0.29, 0.717) is 5.92 Å². The molecule has 8 rings (SSSR count). The van der Waals surface area contributed by atoms with Gasteiger partial charge in [0.15, 0.2) is 0 Å². The maximum Gasteiger partial charge on any atom is 0.0540 e. The van der Waals surface area contributed by atoms with Crippen molar-refractivity contribution in [3.63, 3.8) is 0 Å². The lowest BCUT2D eigenvalue weighted by Crippen LogP contribution is -2.12. The fourth-order valence-corrected chi connectivity index (χ4v) is 6.97. The van der Waals surface area contributed by atoms with Crippen LogP contribution in [0.3, 0.4) is 0 Å². The van der Waals surface area contributed by atoms with Crippen LogP contribution in [-0.2, 0) is 0 Å². The highest BCUT2D eigenvalue weighted by atomic mass is 15.2. The standard InChI is InChI=1S/C48H40N2/c1-3-35(2)36-20-25-44(26-21-36)50(48-19-11-17-40-15-9-10-18-47(40)48)45-32-30-43(31-33-45)49(46-29-24-38-14-7-8-16-41(38)34-46)42-27-22-39(23-28-42)37-12-5-4-6-13-37/h4-35H,3H2,1-2H3. The van der Waals surface area contributed by atoms with Gasteiger partial charge in [-0.3, -0.25) is 0 Å². The van der Waals surface area contributed by atoms with Crippen molar-refractivity contribution in [1.82, 2.24) is 0 Å². The van der Waals surface area contributed by atoms with Crippen LogP contribution in [0, 0.1) is 0 Å². The Morgan fingerprint density at radius 2 is 0.900 bits per heavy atom. The molecule has 0 fully saturated rings. The molecule has 1 unspecified atom stereocenters. The van der Waals surface area contributed by atoms with Crippen LogP contribution in [0.15, 0.2) is 188 Å². The molecule has 0 aromatic heterocycles. The highest BCUT2D eigenvalue weighted by Crippen LogP contribution is 2.42. The molecule has 0 saturated carbocycles. The van der Waals surface area contributed by atoms with Crippen LogP contribution in [0.4, 0.5) is 34.1 Å². The summed E-state index contributed by atoms with van der Waals surface area (Å²) in [5, 5.41) is 4.90. The zero-order valence-electron chi connectivity index (χ0n) is 28.6. The Hall–Kier alpha value is -6.12. The summed E-state index contributed by atoms with van der Waals surface area (Å²) in [7, 11) is 0. The van der Waals surface area contributed by atoms with Crippen molar-refractivity contribution in [2.75, 3.05) is 9.80 Å². The Kier molecular flexibility index (Phi) is 8.59. The lowest BCUT2D eigenvalue weighted by atomic mass is 9.98. The van der Waals surface area contributed by atoms with Gasteiger partial charge in [-0.25, -0.2) is 0 Å². The zero-order valence-corrected chi connectivity index (χ0v) is 28.6. The van der Waals surface area contributed by atoms with Crippen LogP contribution in [0.2, 0.25) is 0 Å². The maximum absolute atomic E-state index is 2.39.